The van der Waals surface area contributed by atoms with E-state index in [0.29, 0.717) is 16.4 Å². The largest absolute Gasteiger partial charge is 0.399 e. The first-order valence-corrected chi connectivity index (χ1v) is 7.74. The van der Waals surface area contributed by atoms with Gasteiger partial charge in [0.25, 0.3) is 5.91 Å². The van der Waals surface area contributed by atoms with Crippen molar-refractivity contribution in [3.8, 4) is 6.07 Å². The summed E-state index contributed by atoms with van der Waals surface area (Å²) in [4.78, 5) is 12.2. The van der Waals surface area contributed by atoms with Crippen molar-refractivity contribution in [2.75, 3.05) is 16.4 Å². The Morgan fingerprint density at radius 2 is 2.04 bits per heavy atom. The summed E-state index contributed by atoms with van der Waals surface area (Å²) in [6.07, 6.45) is 2.22. The molecule has 5 nitrogen and oxygen atoms in total. The first kappa shape index (κ1) is 17.4. The van der Waals surface area contributed by atoms with Crippen LogP contribution in [0.2, 0.25) is 5.02 Å². The van der Waals surface area contributed by atoms with Crippen molar-refractivity contribution < 1.29 is 4.79 Å². The lowest BCUT2D eigenvalue weighted by molar-refractivity contribution is -0.112. The van der Waals surface area contributed by atoms with E-state index in [0.717, 1.165) is 17.7 Å². The number of anilines is 3. The lowest BCUT2D eigenvalue weighted by Crippen LogP contribution is -2.15. The van der Waals surface area contributed by atoms with Gasteiger partial charge in [0.1, 0.15) is 11.6 Å². The third kappa shape index (κ3) is 4.28. The molecule has 1 amide bonds. The van der Waals surface area contributed by atoms with E-state index < -0.39 is 5.91 Å². The Morgan fingerprint density at radius 1 is 1.29 bits per heavy atom. The number of nitrogens with zero attached hydrogens (tertiary/aromatic N) is 1. The van der Waals surface area contributed by atoms with Gasteiger partial charge in [-0.2, -0.15) is 5.26 Å². The number of para-hydroxylation sites is 1. The highest BCUT2D eigenvalue weighted by Crippen LogP contribution is 2.24. The fourth-order valence-corrected chi connectivity index (χ4v) is 2.33. The highest BCUT2D eigenvalue weighted by Gasteiger charge is 2.11. The number of nitrogen functional groups attached to an aromatic ring is 1. The van der Waals surface area contributed by atoms with Crippen molar-refractivity contribution in [2.45, 2.75) is 13.3 Å². The van der Waals surface area contributed by atoms with Gasteiger partial charge in [0.15, 0.2) is 0 Å². The van der Waals surface area contributed by atoms with Gasteiger partial charge in [-0.15, -0.1) is 0 Å². The third-order valence-corrected chi connectivity index (χ3v) is 3.69. The quantitative estimate of drug-likeness (QED) is 0.436. The molecular weight excluding hydrogens is 324 g/mol. The summed E-state index contributed by atoms with van der Waals surface area (Å²) in [5.74, 6) is -0.550. The Labute approximate surface area is 145 Å². The van der Waals surface area contributed by atoms with Crippen molar-refractivity contribution in [2.24, 2.45) is 0 Å². The van der Waals surface area contributed by atoms with Gasteiger partial charge in [0, 0.05) is 17.6 Å². The molecular formula is C18H17ClN4O. The predicted molar refractivity (Wildman–Crippen MR) is 97.6 cm³/mol. The molecule has 0 aliphatic carbocycles. The van der Waals surface area contributed by atoms with E-state index >= 15 is 0 Å². The second-order valence-corrected chi connectivity index (χ2v) is 5.43. The summed E-state index contributed by atoms with van der Waals surface area (Å²) >= 11 is 6.02. The molecule has 0 aromatic heterocycles. The number of rotatable bonds is 5. The zero-order valence-corrected chi connectivity index (χ0v) is 13.9. The number of carbonyl (C=O) groups is 1. The monoisotopic (exact) mass is 340 g/mol. The van der Waals surface area contributed by atoms with Gasteiger partial charge in [-0.05, 0) is 36.2 Å². The second kappa shape index (κ2) is 8.04. The number of halogens is 1. The van der Waals surface area contributed by atoms with E-state index in [1.807, 2.05) is 37.3 Å². The van der Waals surface area contributed by atoms with E-state index in [1.54, 1.807) is 12.1 Å². The highest BCUT2D eigenvalue weighted by molar-refractivity contribution is 6.34. The number of hydrogen-bond acceptors (Lipinski definition) is 4. The molecule has 2 rings (SSSR count). The molecule has 0 bridgehead atoms. The van der Waals surface area contributed by atoms with Crippen LogP contribution in [-0.4, -0.2) is 5.91 Å². The number of carbonyl (C=O) groups excluding carboxylic acids is 1. The smallest absolute Gasteiger partial charge is 0.267 e. The fraction of sp³-hybridized carbons (Fsp3) is 0.111. The van der Waals surface area contributed by atoms with Crippen molar-refractivity contribution in [1.82, 2.24) is 0 Å². The Bertz CT molecular complexity index is 824. The Hall–Kier alpha value is -2.97. The number of nitriles is 1. The Balaban J connectivity index is 2.15. The van der Waals surface area contributed by atoms with E-state index in [-0.39, 0.29) is 5.57 Å². The van der Waals surface area contributed by atoms with E-state index in [2.05, 4.69) is 10.6 Å². The molecule has 0 aliphatic heterocycles. The van der Waals surface area contributed by atoms with Crippen molar-refractivity contribution in [1.29, 1.82) is 5.26 Å². The van der Waals surface area contributed by atoms with Crippen LogP contribution < -0.4 is 16.4 Å². The second-order valence-electron chi connectivity index (χ2n) is 5.02. The standard InChI is InChI=1S/C18H17ClN4O/c1-2-12-5-3-4-6-16(12)22-11-13(10-20)18(24)23-17-8-7-14(21)9-15(17)19/h3-9,11,22H,2,21H2,1H3,(H,23,24)/b13-11-. The molecule has 4 N–H and O–H groups in total. The minimum atomic E-state index is -0.550. The van der Waals surface area contributed by atoms with Gasteiger partial charge < -0.3 is 16.4 Å². The lowest BCUT2D eigenvalue weighted by Gasteiger charge is -2.09. The van der Waals surface area contributed by atoms with Crippen LogP contribution in [0.25, 0.3) is 0 Å². The van der Waals surface area contributed by atoms with Crippen molar-refractivity contribution in [3.05, 3.63) is 64.8 Å². The summed E-state index contributed by atoms with van der Waals surface area (Å²) in [6, 6.07) is 14.3. The van der Waals surface area contributed by atoms with Crippen LogP contribution in [-0.2, 0) is 11.2 Å². The number of amides is 1. The number of aryl methyl sites for hydroxylation is 1. The lowest BCUT2D eigenvalue weighted by atomic mass is 10.1. The maximum atomic E-state index is 12.2. The highest BCUT2D eigenvalue weighted by atomic mass is 35.5. The Kier molecular flexibility index (Phi) is 5.83. The van der Waals surface area contributed by atoms with Gasteiger partial charge in [-0.25, -0.2) is 0 Å². The molecule has 0 spiro atoms. The maximum absolute atomic E-state index is 12.2. The van der Waals surface area contributed by atoms with E-state index in [9.17, 15) is 10.1 Å². The van der Waals surface area contributed by atoms with E-state index in [1.165, 1.54) is 12.3 Å². The molecule has 0 saturated heterocycles. The summed E-state index contributed by atoms with van der Waals surface area (Å²) < 4.78 is 0. The average molecular weight is 341 g/mol. The number of nitrogens with one attached hydrogen (secondary N) is 2. The zero-order chi connectivity index (χ0) is 17.5. The molecule has 0 heterocycles. The number of hydrogen-bond donors (Lipinski definition) is 3. The van der Waals surface area contributed by atoms with Crippen LogP contribution >= 0.6 is 11.6 Å². The molecule has 2 aromatic rings. The molecule has 24 heavy (non-hydrogen) atoms. The molecule has 2 aromatic carbocycles. The van der Waals surface area contributed by atoms with Crippen LogP contribution in [0.3, 0.4) is 0 Å². The third-order valence-electron chi connectivity index (χ3n) is 3.38. The fourth-order valence-electron chi connectivity index (χ4n) is 2.09. The summed E-state index contributed by atoms with van der Waals surface area (Å²) in [6.45, 7) is 2.03. The molecule has 0 aliphatic rings. The van der Waals surface area contributed by atoms with Crippen LogP contribution in [0.1, 0.15) is 12.5 Å². The first-order chi connectivity index (χ1) is 11.5. The molecule has 0 saturated carbocycles. The minimum absolute atomic E-state index is 0.0613. The molecule has 122 valence electrons. The van der Waals surface area contributed by atoms with Gasteiger partial charge in [-0.3, -0.25) is 4.79 Å². The molecule has 0 radical (unpaired) electrons. The topological polar surface area (TPSA) is 90.9 Å². The minimum Gasteiger partial charge on any atom is -0.399 e. The zero-order valence-electron chi connectivity index (χ0n) is 13.1. The van der Waals surface area contributed by atoms with Crippen molar-refractivity contribution >= 4 is 34.6 Å². The van der Waals surface area contributed by atoms with Crippen LogP contribution in [0.4, 0.5) is 17.1 Å². The van der Waals surface area contributed by atoms with Gasteiger partial charge in [0.2, 0.25) is 0 Å². The SMILES string of the molecule is CCc1ccccc1N/C=C(/C#N)C(=O)Nc1ccc(N)cc1Cl. The summed E-state index contributed by atoms with van der Waals surface area (Å²) in [7, 11) is 0. The number of benzene rings is 2. The normalized spacial score (nSPS) is 10.8. The molecule has 6 heteroatoms. The molecule has 0 fully saturated rings. The molecule has 0 unspecified atom stereocenters. The van der Waals surface area contributed by atoms with Crippen LogP contribution in [0, 0.1) is 11.3 Å². The van der Waals surface area contributed by atoms with Gasteiger partial charge >= 0.3 is 0 Å². The first-order valence-electron chi connectivity index (χ1n) is 7.36. The number of nitrogens with two attached hydrogens (primary N) is 1. The van der Waals surface area contributed by atoms with Crippen molar-refractivity contribution in [3.63, 3.8) is 0 Å². The predicted octanol–water partition coefficient (Wildman–Crippen LogP) is 3.94. The summed E-state index contributed by atoms with van der Waals surface area (Å²) in [5, 5.41) is 15.1. The summed E-state index contributed by atoms with van der Waals surface area (Å²) in [5.41, 5.74) is 8.38. The molecule has 0 atom stereocenters. The average Bonchev–Trinajstić information content (AvgIpc) is 2.58. The van der Waals surface area contributed by atoms with E-state index in [4.69, 9.17) is 17.3 Å². The van der Waals surface area contributed by atoms with Gasteiger partial charge in [0.05, 0.1) is 10.7 Å². The Morgan fingerprint density at radius 3 is 2.71 bits per heavy atom. The maximum Gasteiger partial charge on any atom is 0.267 e. The van der Waals surface area contributed by atoms with Crippen LogP contribution in [0.15, 0.2) is 54.2 Å². The van der Waals surface area contributed by atoms with Gasteiger partial charge in [-0.1, -0.05) is 36.7 Å². The van der Waals surface area contributed by atoms with Crippen LogP contribution in [0.5, 0.6) is 0 Å².